The number of esters is 1. The van der Waals surface area contributed by atoms with Crippen LogP contribution in [-0.4, -0.2) is 75.1 Å². The fraction of sp³-hybridized carbons (Fsp3) is 0.247. The first-order valence-electron chi connectivity index (χ1n) is 32.1. The summed E-state index contributed by atoms with van der Waals surface area (Å²) < 4.78 is 58.0. The second-order valence-corrected chi connectivity index (χ2v) is 36.0. The van der Waals surface area contributed by atoms with E-state index in [1.54, 1.807) is 100 Å². The average molecular weight is 1580 g/mol. The molecule has 11 nitrogen and oxygen atoms in total. The molecule has 0 bridgehead atoms. The molecule has 0 amide bonds. The van der Waals surface area contributed by atoms with Gasteiger partial charge in [0.05, 0.1) is 59.4 Å². The van der Waals surface area contributed by atoms with E-state index in [1.165, 1.54) is 104 Å². The van der Waals surface area contributed by atoms with Gasteiger partial charge in [-0.25, -0.2) is 31.8 Å². The topological polar surface area (TPSA) is 185 Å². The maximum atomic E-state index is 13.1. The molecule has 520 valence electrons. The summed E-state index contributed by atoms with van der Waals surface area (Å²) in [5.41, 5.74) is 20.6. The van der Waals surface area contributed by atoms with Crippen LogP contribution in [0.4, 0.5) is 5.69 Å². The molecule has 0 saturated heterocycles. The van der Waals surface area contributed by atoms with Gasteiger partial charge in [-0.15, -0.1) is 81.1 Å². The van der Waals surface area contributed by atoms with Crippen molar-refractivity contribution in [3.63, 3.8) is 0 Å². The van der Waals surface area contributed by atoms with Crippen LogP contribution in [0.3, 0.4) is 0 Å². The fourth-order valence-corrected chi connectivity index (χ4v) is 18.5. The van der Waals surface area contributed by atoms with Gasteiger partial charge in [0.2, 0.25) is 9.84 Å². The average Bonchev–Trinajstić information content (AvgIpc) is 1.72. The highest BCUT2D eigenvalue weighted by Gasteiger charge is 2.26. The number of nitrogens with two attached hydrogens (primary N) is 2. The fourth-order valence-electron chi connectivity index (χ4n) is 9.63. The molecule has 0 aliphatic carbocycles. The van der Waals surface area contributed by atoms with Crippen molar-refractivity contribution in [1.29, 1.82) is 0 Å². The molecule has 0 aliphatic rings. The van der Waals surface area contributed by atoms with Crippen LogP contribution in [0.5, 0.6) is 0 Å². The second-order valence-electron chi connectivity index (χ2n) is 22.0. The van der Waals surface area contributed by atoms with Crippen LogP contribution >= 0.6 is 109 Å². The standard InChI is InChI=1S/C24H32O2S2.C18H17NS3.C17H16N2O4S3.C13H13NS.C5H6BrNS/c1-4-6-10-19(5-2)18-26-24(25)15-16-28-23-14-13-21(27-3)17-22(23)20-11-8-7-9-12-20;1-3-17-19-12-18(22-17)21-16-10-9-14(20-2)11-15(16)13-7-5-4-6-8-13;1-25(20,21)13-7-8-15(14(9-13)12-5-3-2-4-6-12)26(22,23)17-11-19-16(10-18)24-17;1-15-11-7-8-13(14)12(9-11)10-5-3-2-4-6-10;1-2-5-7-3-4(6)8-5/h7-9,11-14,17,19H,4-6,10,15-16,18H2,1-3H3;4-12H,3H2,1-2H3;2-9,11H,10,18H2,1H3;2-9H,14H2,1H3;3H,2H2,1H3. The van der Waals surface area contributed by atoms with E-state index in [0.29, 0.717) is 35.1 Å². The SMILES string of the molecule is CCCCC(CC)COC(=O)CCSc1ccc(SC)cc1-c1ccccc1.CCc1ncc(Br)s1.CCc1ncc(Sc2ccc(SC)cc2-c2ccccc2)s1.CS(=O)(=O)c1ccc(S(=O)(=O)c2cnc(CN)s2)c(-c2ccccc2)c1.CSc1ccc(N)c(-c2ccccc2)c1. The summed E-state index contributed by atoms with van der Waals surface area (Å²) in [6.07, 6.45) is 19.6. The highest BCUT2D eigenvalue weighted by Crippen LogP contribution is 2.41. The van der Waals surface area contributed by atoms with Crippen molar-refractivity contribution in [2.24, 2.45) is 11.7 Å². The summed E-state index contributed by atoms with van der Waals surface area (Å²) in [6.45, 7) is 9.34. The van der Waals surface area contributed by atoms with Crippen LogP contribution in [0.1, 0.15) is 74.8 Å². The molecule has 1 unspecified atom stereocenters. The summed E-state index contributed by atoms with van der Waals surface area (Å²) in [4.78, 5) is 31.1. The quantitative estimate of drug-likeness (QED) is 0.0312. The van der Waals surface area contributed by atoms with Gasteiger partial charge in [0.25, 0.3) is 0 Å². The minimum absolute atomic E-state index is 0.0309. The number of benzene rings is 8. The van der Waals surface area contributed by atoms with Crippen molar-refractivity contribution >= 4 is 140 Å². The number of carbonyl (C=O) groups is 1. The lowest BCUT2D eigenvalue weighted by molar-refractivity contribution is -0.144. The number of anilines is 1. The number of hydrogen-bond acceptors (Lipinski definition) is 19. The molecule has 1 atom stereocenters. The van der Waals surface area contributed by atoms with E-state index in [-0.39, 0.29) is 26.5 Å². The first kappa shape index (κ1) is 80.3. The zero-order valence-corrected chi connectivity index (χ0v) is 66.5. The van der Waals surface area contributed by atoms with Crippen molar-refractivity contribution in [3.8, 4) is 44.5 Å². The molecule has 0 fully saturated rings. The molecule has 0 saturated carbocycles. The summed E-state index contributed by atoms with van der Waals surface area (Å²) in [6, 6.07) is 63.5. The summed E-state index contributed by atoms with van der Waals surface area (Å²) in [5.74, 6) is 1.16. The molecule has 99 heavy (non-hydrogen) atoms. The van der Waals surface area contributed by atoms with Gasteiger partial charge in [0, 0.05) is 59.8 Å². The third-order valence-electron chi connectivity index (χ3n) is 15.1. The monoisotopic (exact) mass is 1570 g/mol. The minimum Gasteiger partial charge on any atom is -0.465 e. The number of thiazole rings is 3. The molecular weight excluding hydrogens is 1490 g/mol. The number of unbranched alkanes of at least 4 members (excludes halogenated alkanes) is 1. The lowest BCUT2D eigenvalue weighted by Crippen LogP contribution is -2.14. The molecule has 22 heteroatoms. The zero-order chi connectivity index (χ0) is 71.2. The van der Waals surface area contributed by atoms with E-state index in [1.807, 2.05) is 60.6 Å². The summed E-state index contributed by atoms with van der Waals surface area (Å²) >= 11 is 16.6. The number of thioether (sulfide) groups is 4. The molecule has 8 aromatic carbocycles. The van der Waals surface area contributed by atoms with Crippen molar-refractivity contribution in [2.75, 3.05) is 43.1 Å². The Hall–Kier alpha value is -5.99. The molecule has 0 aliphatic heterocycles. The Kier molecular flexibility index (Phi) is 33.9. The van der Waals surface area contributed by atoms with Gasteiger partial charge in [-0.05, 0) is 166 Å². The maximum absolute atomic E-state index is 13.1. The molecule has 0 radical (unpaired) electrons. The summed E-state index contributed by atoms with van der Waals surface area (Å²) in [7, 11) is -7.34. The predicted molar refractivity (Wildman–Crippen MR) is 430 cm³/mol. The van der Waals surface area contributed by atoms with Crippen molar-refractivity contribution in [3.05, 3.63) is 232 Å². The largest absolute Gasteiger partial charge is 0.465 e. The molecule has 0 spiro atoms. The first-order valence-corrected chi connectivity index (χ1v) is 44.2. The van der Waals surface area contributed by atoms with Crippen LogP contribution in [-0.2, 0) is 48.6 Å². The molecule has 3 aromatic heterocycles. The van der Waals surface area contributed by atoms with Crippen LogP contribution in [0, 0.1) is 5.92 Å². The van der Waals surface area contributed by atoms with E-state index in [9.17, 15) is 21.6 Å². The molecule has 4 N–H and O–H groups in total. The minimum atomic E-state index is -3.86. The lowest BCUT2D eigenvalue weighted by atomic mass is 10.0. The molecule has 11 rings (SSSR count). The van der Waals surface area contributed by atoms with E-state index in [4.69, 9.17) is 16.2 Å². The van der Waals surface area contributed by atoms with Gasteiger partial charge in [0.1, 0.15) is 9.22 Å². The van der Waals surface area contributed by atoms with E-state index in [2.05, 4.69) is 187 Å². The molecular formula is C77H84BrN5O6S10. The number of carbonyl (C=O) groups excluding carboxylic acids is 1. The van der Waals surface area contributed by atoms with E-state index in [0.717, 1.165) is 64.1 Å². The number of nitrogen functional groups attached to an aromatic ring is 1. The second kappa shape index (κ2) is 41.8. The third-order valence-corrected chi connectivity index (χ3v) is 26.7. The van der Waals surface area contributed by atoms with Gasteiger partial charge in [-0.2, -0.15) is 0 Å². The number of rotatable bonds is 25. The number of ether oxygens (including phenoxy) is 1. The Morgan fingerprint density at radius 1 is 0.566 bits per heavy atom. The predicted octanol–water partition coefficient (Wildman–Crippen LogP) is 22.2. The van der Waals surface area contributed by atoms with E-state index < -0.39 is 19.7 Å². The van der Waals surface area contributed by atoms with Crippen LogP contribution in [0.15, 0.2) is 259 Å². The Morgan fingerprint density at radius 3 is 1.54 bits per heavy atom. The number of hydrogen-bond donors (Lipinski definition) is 2. The number of sulfone groups is 2. The zero-order valence-electron chi connectivity index (χ0n) is 56.8. The Balaban J connectivity index is 0.000000181. The van der Waals surface area contributed by atoms with Crippen molar-refractivity contribution < 1.29 is 26.4 Å². The molecule has 3 heterocycles. The van der Waals surface area contributed by atoms with Gasteiger partial charge in [0.15, 0.2) is 9.84 Å². The Labute approximate surface area is 628 Å². The van der Waals surface area contributed by atoms with Gasteiger partial charge >= 0.3 is 5.97 Å². The highest BCUT2D eigenvalue weighted by atomic mass is 79.9. The number of nitrogens with zero attached hydrogens (tertiary/aromatic N) is 3. The highest BCUT2D eigenvalue weighted by molar-refractivity contribution is 9.11. The number of aromatic nitrogens is 3. The molecule has 11 aromatic rings. The van der Waals surface area contributed by atoms with Gasteiger partial charge in [-0.3, -0.25) is 4.79 Å². The summed E-state index contributed by atoms with van der Waals surface area (Å²) in [5, 5.41) is 2.90. The number of halogens is 1. The normalized spacial score (nSPS) is 11.3. The van der Waals surface area contributed by atoms with Crippen LogP contribution < -0.4 is 11.5 Å². The van der Waals surface area contributed by atoms with E-state index >= 15 is 0 Å². The smallest absolute Gasteiger partial charge is 0.306 e. The van der Waals surface area contributed by atoms with Crippen LogP contribution in [0.2, 0.25) is 0 Å². The third kappa shape index (κ3) is 25.2. The van der Waals surface area contributed by atoms with Crippen LogP contribution in [0.25, 0.3) is 44.5 Å². The van der Waals surface area contributed by atoms with Crippen molar-refractivity contribution in [2.45, 2.75) is 122 Å². The van der Waals surface area contributed by atoms with Crippen molar-refractivity contribution in [1.82, 2.24) is 15.0 Å². The Bertz CT molecular complexity index is 4500. The lowest BCUT2D eigenvalue weighted by Gasteiger charge is -2.15. The van der Waals surface area contributed by atoms with Gasteiger partial charge in [-0.1, -0.05) is 180 Å². The van der Waals surface area contributed by atoms with Gasteiger partial charge < -0.3 is 16.2 Å². The maximum Gasteiger partial charge on any atom is 0.306 e. The Morgan fingerprint density at radius 2 is 1.06 bits per heavy atom. The first-order chi connectivity index (χ1) is 47.8. The number of aryl methyl sites for hydroxylation is 2.